The minimum absolute atomic E-state index is 0.0475. The third-order valence-electron chi connectivity index (χ3n) is 4.59. The van der Waals surface area contributed by atoms with Crippen LogP contribution in [0.5, 0.6) is 11.5 Å². The van der Waals surface area contributed by atoms with Gasteiger partial charge in [-0.15, -0.1) is 0 Å². The molecule has 0 radical (unpaired) electrons. The van der Waals surface area contributed by atoms with Crippen molar-refractivity contribution in [3.05, 3.63) is 83.4 Å². The van der Waals surface area contributed by atoms with Gasteiger partial charge in [0.15, 0.2) is 13.2 Å². The molecule has 1 aliphatic rings. The smallest absolute Gasteiger partial charge is 0.265 e. The second kappa shape index (κ2) is 8.88. The third-order valence-corrected chi connectivity index (χ3v) is 4.95. The first-order valence-electron chi connectivity index (χ1n) is 9.38. The lowest BCUT2D eigenvalue weighted by Crippen LogP contribution is -2.38. The van der Waals surface area contributed by atoms with Crippen LogP contribution in [0.15, 0.2) is 72.8 Å². The van der Waals surface area contributed by atoms with E-state index < -0.39 is 0 Å². The van der Waals surface area contributed by atoms with Crippen molar-refractivity contribution in [1.29, 1.82) is 0 Å². The zero-order chi connectivity index (χ0) is 20.9. The van der Waals surface area contributed by atoms with Gasteiger partial charge in [0.05, 0.1) is 12.2 Å². The van der Waals surface area contributed by atoms with Crippen LogP contribution in [-0.2, 0) is 16.1 Å². The number of fused-ring (bicyclic) bond motifs is 1. The Morgan fingerprint density at radius 1 is 1.07 bits per heavy atom. The molecule has 6 nitrogen and oxygen atoms in total. The zero-order valence-electron chi connectivity index (χ0n) is 16.0. The molecule has 30 heavy (non-hydrogen) atoms. The Labute approximate surface area is 179 Å². The lowest BCUT2D eigenvalue weighted by Gasteiger charge is -2.30. The van der Waals surface area contributed by atoms with Crippen molar-refractivity contribution in [3.63, 3.8) is 0 Å². The van der Waals surface area contributed by atoms with Crippen LogP contribution in [0.2, 0.25) is 5.02 Å². The molecule has 0 atom stereocenters. The van der Waals surface area contributed by atoms with E-state index in [0.29, 0.717) is 34.4 Å². The number of carbonyl (C=O) groups is 2. The van der Waals surface area contributed by atoms with E-state index in [2.05, 4.69) is 5.32 Å². The van der Waals surface area contributed by atoms with E-state index in [1.54, 1.807) is 41.3 Å². The quantitative estimate of drug-likeness (QED) is 0.643. The van der Waals surface area contributed by atoms with Crippen LogP contribution in [0, 0.1) is 0 Å². The summed E-state index contributed by atoms with van der Waals surface area (Å²) in [7, 11) is 0. The van der Waals surface area contributed by atoms with Crippen LogP contribution in [-0.4, -0.2) is 25.0 Å². The van der Waals surface area contributed by atoms with Crippen LogP contribution < -0.4 is 19.7 Å². The van der Waals surface area contributed by atoms with Gasteiger partial charge in [-0.1, -0.05) is 48.0 Å². The fourth-order valence-corrected chi connectivity index (χ4v) is 3.31. The normalized spacial score (nSPS) is 12.7. The second-order valence-electron chi connectivity index (χ2n) is 6.69. The highest BCUT2D eigenvalue weighted by Crippen LogP contribution is 2.36. The average Bonchev–Trinajstić information content (AvgIpc) is 2.76. The van der Waals surface area contributed by atoms with Gasteiger partial charge in [-0.25, -0.2) is 0 Å². The number of nitrogens with one attached hydrogen (secondary N) is 1. The maximum Gasteiger partial charge on any atom is 0.265 e. The molecule has 0 bridgehead atoms. The van der Waals surface area contributed by atoms with Gasteiger partial charge >= 0.3 is 0 Å². The van der Waals surface area contributed by atoms with Gasteiger partial charge < -0.3 is 19.7 Å². The molecule has 3 aromatic rings. The number of nitrogens with zero attached hydrogens (tertiary/aromatic N) is 1. The molecular formula is C23H19ClN2O4. The van der Waals surface area contributed by atoms with Crippen molar-refractivity contribution in [1.82, 2.24) is 0 Å². The van der Waals surface area contributed by atoms with Gasteiger partial charge in [0, 0.05) is 10.7 Å². The summed E-state index contributed by atoms with van der Waals surface area (Å²) < 4.78 is 11.0. The predicted molar refractivity (Wildman–Crippen MR) is 115 cm³/mol. The van der Waals surface area contributed by atoms with Crippen LogP contribution >= 0.6 is 11.6 Å². The van der Waals surface area contributed by atoms with Gasteiger partial charge in [0.25, 0.3) is 11.8 Å². The molecule has 1 N–H and O–H groups in total. The van der Waals surface area contributed by atoms with E-state index in [1.807, 2.05) is 36.4 Å². The van der Waals surface area contributed by atoms with Gasteiger partial charge in [-0.05, 0) is 42.0 Å². The number of amides is 2. The molecular weight excluding hydrogens is 404 g/mol. The maximum atomic E-state index is 12.5. The van der Waals surface area contributed by atoms with E-state index in [9.17, 15) is 9.59 Å². The first-order chi connectivity index (χ1) is 14.6. The molecule has 0 spiro atoms. The van der Waals surface area contributed by atoms with Crippen LogP contribution in [0.1, 0.15) is 5.56 Å². The Morgan fingerprint density at radius 2 is 1.83 bits per heavy atom. The van der Waals surface area contributed by atoms with Crippen molar-refractivity contribution < 1.29 is 19.1 Å². The molecule has 0 saturated carbocycles. The number of para-hydroxylation sites is 1. The number of anilines is 2. The molecule has 2 amide bonds. The lowest BCUT2D eigenvalue weighted by molar-refractivity contribution is -0.121. The summed E-state index contributed by atoms with van der Waals surface area (Å²) in [5, 5.41) is 3.37. The summed E-state index contributed by atoms with van der Waals surface area (Å²) in [5.74, 6) is 0.695. The number of ether oxygens (including phenoxy) is 2. The first kappa shape index (κ1) is 19.8. The minimum Gasteiger partial charge on any atom is -0.484 e. The molecule has 7 heteroatoms. The van der Waals surface area contributed by atoms with Crippen LogP contribution in [0.3, 0.4) is 0 Å². The largest absolute Gasteiger partial charge is 0.484 e. The first-order valence-corrected chi connectivity index (χ1v) is 9.76. The molecule has 0 saturated heterocycles. The Balaban J connectivity index is 1.49. The monoisotopic (exact) mass is 422 g/mol. The molecule has 0 aromatic heterocycles. The Morgan fingerprint density at radius 3 is 2.63 bits per heavy atom. The van der Waals surface area contributed by atoms with E-state index in [1.165, 1.54) is 0 Å². The standard InChI is InChI=1S/C23H19ClN2O4/c24-19-9-5-4-6-16(19)13-26-20-12-17(10-11-21(20)30-15-23(26)28)25-22(27)14-29-18-7-2-1-3-8-18/h1-12H,13-15H2,(H,25,27). The minimum atomic E-state index is -0.306. The number of rotatable bonds is 6. The predicted octanol–water partition coefficient (Wildman–Crippen LogP) is 4.28. The highest BCUT2D eigenvalue weighted by atomic mass is 35.5. The maximum absolute atomic E-state index is 12.5. The fourth-order valence-electron chi connectivity index (χ4n) is 3.11. The zero-order valence-corrected chi connectivity index (χ0v) is 16.8. The molecule has 152 valence electrons. The highest BCUT2D eigenvalue weighted by Gasteiger charge is 2.26. The fraction of sp³-hybridized carbons (Fsp3) is 0.130. The third kappa shape index (κ3) is 4.55. The van der Waals surface area contributed by atoms with Crippen molar-refractivity contribution in [2.75, 3.05) is 23.4 Å². The number of hydrogen-bond acceptors (Lipinski definition) is 4. The van der Waals surface area contributed by atoms with Gasteiger partial charge in [0.1, 0.15) is 11.5 Å². The molecule has 4 rings (SSSR count). The second-order valence-corrected chi connectivity index (χ2v) is 7.10. The van der Waals surface area contributed by atoms with Crippen molar-refractivity contribution in [2.24, 2.45) is 0 Å². The molecule has 0 fully saturated rings. The Kier molecular flexibility index (Phi) is 5.86. The van der Waals surface area contributed by atoms with E-state index >= 15 is 0 Å². The number of hydrogen-bond donors (Lipinski definition) is 1. The van der Waals surface area contributed by atoms with Crippen molar-refractivity contribution in [3.8, 4) is 11.5 Å². The van der Waals surface area contributed by atoms with Crippen molar-refractivity contribution in [2.45, 2.75) is 6.54 Å². The number of halogens is 1. The lowest BCUT2D eigenvalue weighted by atomic mass is 10.1. The summed E-state index contributed by atoms with van der Waals surface area (Å²) in [6.45, 7) is 0.136. The molecule has 1 aliphatic heterocycles. The van der Waals surface area contributed by atoms with E-state index in [0.717, 1.165) is 5.56 Å². The molecule has 1 heterocycles. The number of benzene rings is 3. The Bertz CT molecular complexity index is 1070. The van der Waals surface area contributed by atoms with Gasteiger partial charge in [-0.3, -0.25) is 9.59 Å². The summed E-state index contributed by atoms with van der Waals surface area (Å²) >= 11 is 6.26. The summed E-state index contributed by atoms with van der Waals surface area (Å²) in [6.07, 6.45) is 0. The van der Waals surface area contributed by atoms with Gasteiger partial charge in [0.2, 0.25) is 0 Å². The summed E-state index contributed by atoms with van der Waals surface area (Å²) in [5.41, 5.74) is 1.94. The van der Waals surface area contributed by atoms with E-state index in [-0.39, 0.29) is 25.0 Å². The highest BCUT2D eigenvalue weighted by molar-refractivity contribution is 6.31. The SMILES string of the molecule is O=C(COc1ccccc1)Nc1ccc2c(c1)N(Cc1ccccc1Cl)C(=O)CO2. The topological polar surface area (TPSA) is 67.9 Å². The average molecular weight is 423 g/mol. The van der Waals surface area contributed by atoms with Crippen LogP contribution in [0.4, 0.5) is 11.4 Å². The summed E-state index contributed by atoms with van der Waals surface area (Å²) in [4.78, 5) is 26.4. The summed E-state index contributed by atoms with van der Waals surface area (Å²) in [6, 6.07) is 21.6. The molecule has 3 aromatic carbocycles. The van der Waals surface area contributed by atoms with Crippen molar-refractivity contribution >= 4 is 34.8 Å². The van der Waals surface area contributed by atoms with Gasteiger partial charge in [-0.2, -0.15) is 0 Å². The van der Waals surface area contributed by atoms with Crippen LogP contribution in [0.25, 0.3) is 0 Å². The molecule has 0 aliphatic carbocycles. The number of carbonyl (C=O) groups excluding carboxylic acids is 2. The Hall–Kier alpha value is -3.51. The van der Waals surface area contributed by atoms with E-state index in [4.69, 9.17) is 21.1 Å². The molecule has 0 unspecified atom stereocenters.